The van der Waals surface area contributed by atoms with Gasteiger partial charge in [-0.25, -0.2) is 4.79 Å². The van der Waals surface area contributed by atoms with Crippen molar-refractivity contribution >= 4 is 11.7 Å². The Kier molecular flexibility index (Phi) is 5.46. The maximum Gasteiger partial charge on any atom is 0.322 e. The third kappa shape index (κ3) is 4.08. The third-order valence-electron chi connectivity index (χ3n) is 4.95. The Morgan fingerprint density at radius 3 is 2.97 bits per heavy atom. The predicted molar refractivity (Wildman–Crippen MR) is 110 cm³/mol. The molecule has 1 fully saturated rings. The summed E-state index contributed by atoms with van der Waals surface area (Å²) in [5, 5.41) is 7.08. The molecule has 0 radical (unpaired) electrons. The Labute approximate surface area is 169 Å². The van der Waals surface area contributed by atoms with Gasteiger partial charge < -0.3 is 19.5 Å². The summed E-state index contributed by atoms with van der Waals surface area (Å²) in [6.45, 7) is 5.10. The maximum absolute atomic E-state index is 12.9. The molecule has 3 aromatic rings. The number of carbonyl (C=O) groups is 1. The van der Waals surface area contributed by atoms with E-state index in [4.69, 9.17) is 9.26 Å². The summed E-state index contributed by atoms with van der Waals surface area (Å²) in [6, 6.07) is 14.9. The van der Waals surface area contributed by atoms with Gasteiger partial charge in [0.2, 0.25) is 11.7 Å². The number of nitrogens with zero attached hydrogens (tertiary/aromatic N) is 3. The Morgan fingerprint density at radius 2 is 2.14 bits per heavy atom. The van der Waals surface area contributed by atoms with Gasteiger partial charge in [0.1, 0.15) is 11.8 Å². The van der Waals surface area contributed by atoms with Crippen molar-refractivity contribution < 1.29 is 14.1 Å². The minimum absolute atomic E-state index is 0.199. The fourth-order valence-corrected chi connectivity index (χ4v) is 3.58. The summed E-state index contributed by atoms with van der Waals surface area (Å²) in [6.07, 6.45) is 1.67. The minimum atomic E-state index is -0.236. The number of anilines is 1. The summed E-state index contributed by atoms with van der Waals surface area (Å²) in [5.41, 5.74) is 2.68. The lowest BCUT2D eigenvalue weighted by molar-refractivity contribution is 0.193. The molecule has 1 aliphatic rings. The van der Waals surface area contributed by atoms with Gasteiger partial charge in [-0.2, -0.15) is 4.98 Å². The topological polar surface area (TPSA) is 80.5 Å². The minimum Gasteiger partial charge on any atom is -0.492 e. The van der Waals surface area contributed by atoms with Crippen molar-refractivity contribution in [1.29, 1.82) is 0 Å². The van der Waals surface area contributed by atoms with E-state index < -0.39 is 0 Å². The van der Waals surface area contributed by atoms with Gasteiger partial charge in [-0.05, 0) is 44.9 Å². The molecule has 0 unspecified atom stereocenters. The van der Waals surface area contributed by atoms with E-state index in [0.29, 0.717) is 36.3 Å². The molecule has 0 spiro atoms. The van der Waals surface area contributed by atoms with Gasteiger partial charge in [0.25, 0.3) is 0 Å². The number of hydrogen-bond donors (Lipinski definition) is 1. The molecule has 1 saturated heterocycles. The fourth-order valence-electron chi connectivity index (χ4n) is 3.58. The number of para-hydroxylation sites is 2. The summed E-state index contributed by atoms with van der Waals surface area (Å²) in [5.74, 6) is 1.66. The van der Waals surface area contributed by atoms with Gasteiger partial charge in [-0.3, -0.25) is 0 Å². The summed E-state index contributed by atoms with van der Waals surface area (Å²) in [7, 11) is 0. The van der Waals surface area contributed by atoms with Crippen molar-refractivity contribution in [2.45, 2.75) is 32.7 Å². The molecule has 1 N–H and O–H groups in total. The molecule has 1 atom stereocenters. The highest BCUT2D eigenvalue weighted by Gasteiger charge is 2.34. The van der Waals surface area contributed by atoms with Crippen LogP contribution in [0.2, 0.25) is 0 Å². The van der Waals surface area contributed by atoms with E-state index in [2.05, 4.69) is 15.5 Å². The van der Waals surface area contributed by atoms with E-state index in [1.807, 2.05) is 62.4 Å². The molecule has 1 aliphatic heterocycles. The quantitative estimate of drug-likeness (QED) is 0.674. The first-order chi connectivity index (χ1) is 14.2. The number of hydrogen-bond acceptors (Lipinski definition) is 5. The average molecular weight is 392 g/mol. The van der Waals surface area contributed by atoms with Gasteiger partial charge in [0.05, 0.1) is 12.3 Å². The van der Waals surface area contributed by atoms with E-state index in [-0.39, 0.29) is 12.1 Å². The highest BCUT2D eigenvalue weighted by molar-refractivity contribution is 5.91. The highest BCUT2D eigenvalue weighted by atomic mass is 16.5. The van der Waals surface area contributed by atoms with Gasteiger partial charge >= 0.3 is 6.03 Å². The Balaban J connectivity index is 1.52. The van der Waals surface area contributed by atoms with Gasteiger partial charge in [-0.1, -0.05) is 41.1 Å². The first kappa shape index (κ1) is 19.0. The van der Waals surface area contributed by atoms with Crippen LogP contribution in [-0.2, 0) is 0 Å². The zero-order chi connectivity index (χ0) is 20.2. The number of amides is 2. The lowest BCUT2D eigenvalue weighted by atomic mass is 10.1. The van der Waals surface area contributed by atoms with Crippen LogP contribution in [0, 0.1) is 6.92 Å². The zero-order valence-electron chi connectivity index (χ0n) is 16.6. The van der Waals surface area contributed by atoms with Crippen LogP contribution in [-0.4, -0.2) is 34.2 Å². The van der Waals surface area contributed by atoms with E-state index >= 15 is 0 Å². The molecule has 1 aromatic heterocycles. The largest absolute Gasteiger partial charge is 0.492 e. The molecule has 7 heteroatoms. The average Bonchev–Trinajstić information content (AvgIpc) is 3.39. The van der Waals surface area contributed by atoms with E-state index in [9.17, 15) is 4.79 Å². The molecule has 0 bridgehead atoms. The second-order valence-electron chi connectivity index (χ2n) is 7.04. The highest BCUT2D eigenvalue weighted by Crippen LogP contribution is 2.33. The molecule has 29 heavy (non-hydrogen) atoms. The van der Waals surface area contributed by atoms with Crippen molar-refractivity contribution in [3.05, 3.63) is 60.0 Å². The van der Waals surface area contributed by atoms with Crippen LogP contribution >= 0.6 is 0 Å². The number of benzene rings is 2. The molecule has 0 saturated carbocycles. The molecule has 4 rings (SSSR count). The van der Waals surface area contributed by atoms with Crippen molar-refractivity contribution in [2.24, 2.45) is 0 Å². The fraction of sp³-hybridized carbons (Fsp3) is 0.318. The van der Waals surface area contributed by atoms with Gasteiger partial charge in [-0.15, -0.1) is 0 Å². The van der Waals surface area contributed by atoms with Crippen LogP contribution in [0.3, 0.4) is 0 Å². The van der Waals surface area contributed by atoms with E-state index in [0.717, 1.165) is 24.0 Å². The lowest BCUT2D eigenvalue weighted by Crippen LogP contribution is -2.34. The SMILES string of the molecule is CCOc1ccccc1NC(=O)N1CCC[C@@H]1c1nc(-c2cccc(C)c2)no1. The molecular formula is C22H24N4O3. The van der Waals surface area contributed by atoms with E-state index in [1.165, 1.54) is 0 Å². The standard InChI is InChI=1S/C22H24N4O3/c1-3-28-19-12-5-4-10-17(19)23-22(27)26-13-7-11-18(26)21-24-20(25-29-21)16-9-6-8-15(2)14-16/h4-6,8-10,12,14,18H,3,7,11,13H2,1-2H3,(H,23,27)/t18-/m1/s1. The van der Waals surface area contributed by atoms with Crippen molar-refractivity contribution in [3.63, 3.8) is 0 Å². The van der Waals surface area contributed by atoms with Crippen LogP contribution in [0.5, 0.6) is 5.75 Å². The van der Waals surface area contributed by atoms with Gasteiger partial charge in [0.15, 0.2) is 0 Å². The number of rotatable bonds is 5. The van der Waals surface area contributed by atoms with Crippen LogP contribution in [0.15, 0.2) is 53.1 Å². The number of likely N-dealkylation sites (tertiary alicyclic amines) is 1. The number of ether oxygens (including phenoxy) is 1. The Bertz CT molecular complexity index is 1000. The molecule has 2 amide bonds. The maximum atomic E-state index is 12.9. The normalized spacial score (nSPS) is 16.1. The van der Waals surface area contributed by atoms with Crippen LogP contribution < -0.4 is 10.1 Å². The van der Waals surface area contributed by atoms with Crippen molar-refractivity contribution in [3.8, 4) is 17.1 Å². The number of aromatic nitrogens is 2. The third-order valence-corrected chi connectivity index (χ3v) is 4.95. The summed E-state index contributed by atoms with van der Waals surface area (Å²) >= 11 is 0. The predicted octanol–water partition coefficient (Wildman–Crippen LogP) is 4.81. The second-order valence-corrected chi connectivity index (χ2v) is 7.04. The molecular weight excluding hydrogens is 368 g/mol. The second kappa shape index (κ2) is 8.34. The molecule has 0 aliphatic carbocycles. The zero-order valence-corrected chi connectivity index (χ0v) is 16.6. The number of urea groups is 1. The Morgan fingerprint density at radius 1 is 1.28 bits per heavy atom. The molecule has 2 heterocycles. The summed E-state index contributed by atoms with van der Waals surface area (Å²) in [4.78, 5) is 19.3. The number of nitrogens with one attached hydrogen (secondary N) is 1. The molecule has 150 valence electrons. The Hall–Kier alpha value is -3.35. The van der Waals surface area contributed by atoms with Gasteiger partial charge in [0, 0.05) is 12.1 Å². The van der Waals surface area contributed by atoms with Crippen LogP contribution in [0.25, 0.3) is 11.4 Å². The lowest BCUT2D eigenvalue weighted by Gasteiger charge is -2.23. The first-order valence-corrected chi connectivity index (χ1v) is 9.86. The summed E-state index contributed by atoms with van der Waals surface area (Å²) < 4.78 is 11.1. The number of carbonyl (C=O) groups excluding carboxylic acids is 1. The first-order valence-electron chi connectivity index (χ1n) is 9.86. The monoisotopic (exact) mass is 392 g/mol. The van der Waals surface area contributed by atoms with Crippen molar-refractivity contribution in [1.82, 2.24) is 15.0 Å². The molecule has 2 aromatic carbocycles. The van der Waals surface area contributed by atoms with Crippen LogP contribution in [0.1, 0.15) is 37.3 Å². The smallest absolute Gasteiger partial charge is 0.322 e. The number of aryl methyl sites for hydroxylation is 1. The van der Waals surface area contributed by atoms with E-state index in [1.54, 1.807) is 4.90 Å². The van der Waals surface area contributed by atoms with Crippen LogP contribution in [0.4, 0.5) is 10.5 Å². The molecule has 7 nitrogen and oxygen atoms in total. The van der Waals surface area contributed by atoms with Crippen molar-refractivity contribution in [2.75, 3.05) is 18.5 Å².